The fraction of sp³-hybridized carbons (Fsp3) is 0.400. The lowest BCUT2D eigenvalue weighted by atomic mass is 10.0. The Labute approximate surface area is 132 Å². The van der Waals surface area contributed by atoms with E-state index in [2.05, 4.69) is 59.5 Å². The molecule has 0 spiro atoms. The van der Waals surface area contributed by atoms with Crippen molar-refractivity contribution in [2.75, 3.05) is 13.1 Å². The highest BCUT2D eigenvalue weighted by Crippen LogP contribution is 2.38. The summed E-state index contributed by atoms with van der Waals surface area (Å²) in [5, 5.41) is 9.73. The van der Waals surface area contributed by atoms with Crippen LogP contribution in [0.3, 0.4) is 0 Å². The van der Waals surface area contributed by atoms with Crippen LogP contribution in [0.5, 0.6) is 0 Å². The summed E-state index contributed by atoms with van der Waals surface area (Å²) < 4.78 is 0. The van der Waals surface area contributed by atoms with Crippen molar-refractivity contribution in [1.82, 2.24) is 4.90 Å². The van der Waals surface area contributed by atoms with Gasteiger partial charge in [-0.05, 0) is 41.4 Å². The lowest BCUT2D eigenvalue weighted by molar-refractivity contribution is 0.161. The van der Waals surface area contributed by atoms with E-state index in [1.165, 1.54) is 16.7 Å². The smallest absolute Gasteiger partial charge is 0.0546 e. The molecule has 22 heavy (non-hydrogen) atoms. The largest absolute Gasteiger partial charge is 0.393 e. The Morgan fingerprint density at radius 3 is 2.05 bits per heavy atom. The highest BCUT2D eigenvalue weighted by Gasteiger charge is 2.39. The Morgan fingerprint density at radius 1 is 0.818 bits per heavy atom. The Balaban J connectivity index is 1.40. The van der Waals surface area contributed by atoms with Gasteiger partial charge in [0.2, 0.25) is 0 Å². The number of aliphatic hydroxyl groups is 1. The maximum Gasteiger partial charge on any atom is 0.0546 e. The predicted molar refractivity (Wildman–Crippen MR) is 89.4 cm³/mol. The van der Waals surface area contributed by atoms with Crippen LogP contribution in [0.1, 0.15) is 18.4 Å². The average Bonchev–Trinajstić information content (AvgIpc) is 3.05. The van der Waals surface area contributed by atoms with E-state index in [0.717, 1.165) is 44.3 Å². The molecule has 2 aromatic rings. The summed E-state index contributed by atoms with van der Waals surface area (Å²) in [6.45, 7) is 3.35. The van der Waals surface area contributed by atoms with Gasteiger partial charge in [0, 0.05) is 19.6 Å². The minimum Gasteiger partial charge on any atom is -0.393 e. The third kappa shape index (κ3) is 2.81. The van der Waals surface area contributed by atoms with Crippen molar-refractivity contribution in [1.29, 1.82) is 0 Å². The van der Waals surface area contributed by atoms with Crippen LogP contribution < -0.4 is 0 Å². The van der Waals surface area contributed by atoms with E-state index in [1.807, 2.05) is 0 Å². The zero-order valence-electron chi connectivity index (χ0n) is 12.9. The van der Waals surface area contributed by atoms with E-state index < -0.39 is 0 Å². The summed E-state index contributed by atoms with van der Waals surface area (Å²) in [6.07, 6.45) is 1.98. The van der Waals surface area contributed by atoms with Crippen LogP contribution in [0.2, 0.25) is 0 Å². The van der Waals surface area contributed by atoms with E-state index in [4.69, 9.17) is 0 Å². The van der Waals surface area contributed by atoms with E-state index in [-0.39, 0.29) is 6.10 Å². The molecule has 4 rings (SSSR count). The van der Waals surface area contributed by atoms with Gasteiger partial charge in [-0.1, -0.05) is 54.6 Å². The molecule has 1 saturated heterocycles. The molecule has 1 heterocycles. The molecule has 2 nitrogen and oxygen atoms in total. The highest BCUT2D eigenvalue weighted by atomic mass is 16.3. The second-order valence-corrected chi connectivity index (χ2v) is 6.90. The second kappa shape index (κ2) is 5.86. The molecule has 3 atom stereocenters. The van der Waals surface area contributed by atoms with Crippen LogP contribution in [0.4, 0.5) is 0 Å². The molecule has 1 N–H and O–H groups in total. The van der Waals surface area contributed by atoms with Crippen molar-refractivity contribution < 1.29 is 5.11 Å². The van der Waals surface area contributed by atoms with Gasteiger partial charge in [0.15, 0.2) is 0 Å². The number of fused-ring (bicyclic) bond motifs is 1. The second-order valence-electron chi connectivity index (χ2n) is 6.90. The maximum absolute atomic E-state index is 9.73. The fourth-order valence-corrected chi connectivity index (χ4v) is 4.19. The summed E-state index contributed by atoms with van der Waals surface area (Å²) in [5.74, 6) is 1.44. The number of aliphatic hydroxyl groups excluding tert-OH is 1. The van der Waals surface area contributed by atoms with Crippen molar-refractivity contribution in [2.45, 2.75) is 25.5 Å². The SMILES string of the molecule is OC1C[C@@H]2CN(Cc3ccc(-c4ccccc4)cc3)C[C@@H]2C1. The first-order chi connectivity index (χ1) is 10.8. The fourth-order valence-electron chi connectivity index (χ4n) is 4.19. The molecule has 1 saturated carbocycles. The summed E-state index contributed by atoms with van der Waals surface area (Å²) in [6, 6.07) is 19.5. The number of hydrogen-bond acceptors (Lipinski definition) is 2. The Hall–Kier alpha value is -1.64. The van der Waals surface area contributed by atoms with Crippen LogP contribution in [0.15, 0.2) is 54.6 Å². The van der Waals surface area contributed by atoms with E-state index in [9.17, 15) is 5.11 Å². The molecule has 2 heteroatoms. The standard InChI is InChI=1S/C20H23NO/c22-20-10-18-13-21(14-19(18)11-20)12-15-6-8-17(9-7-15)16-4-2-1-3-5-16/h1-9,18-20,22H,10-14H2/t18-,19+,20?. The van der Waals surface area contributed by atoms with E-state index >= 15 is 0 Å². The van der Waals surface area contributed by atoms with Crippen molar-refractivity contribution >= 4 is 0 Å². The third-order valence-electron chi connectivity index (χ3n) is 5.27. The number of hydrogen-bond donors (Lipinski definition) is 1. The minimum absolute atomic E-state index is 0.0395. The molecule has 0 radical (unpaired) electrons. The number of nitrogens with zero attached hydrogens (tertiary/aromatic N) is 1. The molecule has 0 aromatic heterocycles. The zero-order valence-corrected chi connectivity index (χ0v) is 12.9. The van der Waals surface area contributed by atoms with Gasteiger partial charge in [-0.25, -0.2) is 0 Å². The average molecular weight is 293 g/mol. The number of rotatable bonds is 3. The first kappa shape index (κ1) is 14.0. The predicted octanol–water partition coefficient (Wildman–Crippen LogP) is 3.56. The van der Waals surface area contributed by atoms with Gasteiger partial charge in [-0.15, -0.1) is 0 Å². The minimum atomic E-state index is -0.0395. The van der Waals surface area contributed by atoms with Crippen molar-refractivity contribution in [3.05, 3.63) is 60.2 Å². The lowest BCUT2D eigenvalue weighted by Crippen LogP contribution is -2.22. The van der Waals surface area contributed by atoms with Gasteiger partial charge >= 0.3 is 0 Å². The summed E-state index contributed by atoms with van der Waals surface area (Å²) >= 11 is 0. The van der Waals surface area contributed by atoms with E-state index in [0.29, 0.717) is 0 Å². The molecule has 1 unspecified atom stereocenters. The van der Waals surface area contributed by atoms with E-state index in [1.54, 1.807) is 0 Å². The summed E-state index contributed by atoms with van der Waals surface area (Å²) in [4.78, 5) is 2.55. The molecule has 0 bridgehead atoms. The van der Waals surface area contributed by atoms with Gasteiger partial charge < -0.3 is 5.11 Å². The normalized spacial score (nSPS) is 28.0. The van der Waals surface area contributed by atoms with Gasteiger partial charge in [-0.3, -0.25) is 4.90 Å². The quantitative estimate of drug-likeness (QED) is 0.935. The van der Waals surface area contributed by atoms with Crippen LogP contribution in [-0.4, -0.2) is 29.2 Å². The number of likely N-dealkylation sites (tertiary alicyclic amines) is 1. The first-order valence-corrected chi connectivity index (χ1v) is 8.33. The Bertz CT molecular complexity index is 608. The third-order valence-corrected chi connectivity index (χ3v) is 5.27. The molecule has 1 aliphatic carbocycles. The van der Waals surface area contributed by atoms with Gasteiger partial charge in [0.05, 0.1) is 6.10 Å². The van der Waals surface area contributed by atoms with Crippen molar-refractivity contribution in [2.24, 2.45) is 11.8 Å². The first-order valence-electron chi connectivity index (χ1n) is 8.33. The summed E-state index contributed by atoms with van der Waals surface area (Å²) in [7, 11) is 0. The summed E-state index contributed by atoms with van der Waals surface area (Å²) in [5.41, 5.74) is 3.95. The monoisotopic (exact) mass is 293 g/mol. The Morgan fingerprint density at radius 2 is 1.41 bits per heavy atom. The molecule has 2 fully saturated rings. The zero-order chi connectivity index (χ0) is 14.9. The van der Waals surface area contributed by atoms with Gasteiger partial charge in [-0.2, -0.15) is 0 Å². The Kier molecular flexibility index (Phi) is 3.73. The molecule has 114 valence electrons. The van der Waals surface area contributed by atoms with Gasteiger partial charge in [0.25, 0.3) is 0 Å². The molecule has 0 amide bonds. The van der Waals surface area contributed by atoms with Gasteiger partial charge in [0.1, 0.15) is 0 Å². The lowest BCUT2D eigenvalue weighted by Gasteiger charge is -2.17. The van der Waals surface area contributed by atoms with Crippen LogP contribution in [-0.2, 0) is 6.54 Å². The number of benzene rings is 2. The maximum atomic E-state index is 9.73. The van der Waals surface area contributed by atoms with Crippen LogP contribution in [0.25, 0.3) is 11.1 Å². The molecule has 1 aliphatic heterocycles. The van der Waals surface area contributed by atoms with Crippen molar-refractivity contribution in [3.8, 4) is 11.1 Å². The molecular weight excluding hydrogens is 270 g/mol. The molecular formula is C20H23NO. The van der Waals surface area contributed by atoms with Crippen LogP contribution >= 0.6 is 0 Å². The molecule has 2 aromatic carbocycles. The highest BCUT2D eigenvalue weighted by molar-refractivity contribution is 5.63. The molecule has 2 aliphatic rings. The van der Waals surface area contributed by atoms with Crippen LogP contribution in [0, 0.1) is 11.8 Å². The van der Waals surface area contributed by atoms with Crippen molar-refractivity contribution in [3.63, 3.8) is 0 Å². The topological polar surface area (TPSA) is 23.5 Å².